The van der Waals surface area contributed by atoms with Gasteiger partial charge in [0.25, 0.3) is 5.91 Å². The van der Waals surface area contributed by atoms with E-state index in [-0.39, 0.29) is 18.0 Å². The number of nitrogens with one attached hydrogen (secondary N) is 1. The predicted octanol–water partition coefficient (Wildman–Crippen LogP) is 4.73. The van der Waals surface area contributed by atoms with Crippen molar-refractivity contribution in [3.05, 3.63) is 86.5 Å². The summed E-state index contributed by atoms with van der Waals surface area (Å²) in [5.41, 5.74) is 1.73. The molecule has 1 aromatic heterocycles. The third kappa shape index (κ3) is 4.65. The Morgan fingerprint density at radius 1 is 1.08 bits per heavy atom. The standard InChI is InChI=1S/C20H18Cl2N2OS/c1-13(20(25)24-17-10-9-15(21)12-16(17)22)23-19(18-8-5-11-26-18)14-6-3-2-4-7-14/h2-13,19,23H,1H3,(H,24,25)/p+1/t13-,19+/m0/s1. The second kappa shape index (κ2) is 8.69. The minimum Gasteiger partial charge on any atom is -0.326 e. The van der Waals surface area contributed by atoms with Gasteiger partial charge in [-0.2, -0.15) is 0 Å². The first kappa shape index (κ1) is 18.9. The number of carbonyl (C=O) groups is 1. The Morgan fingerprint density at radius 2 is 1.85 bits per heavy atom. The van der Waals surface area contributed by atoms with Gasteiger partial charge in [-0.05, 0) is 36.6 Å². The lowest BCUT2D eigenvalue weighted by molar-refractivity contribution is -0.703. The molecular formula is C20H19Cl2N2OS+. The molecule has 0 aliphatic rings. The van der Waals surface area contributed by atoms with Crippen LogP contribution in [0, 0.1) is 0 Å². The number of amides is 1. The van der Waals surface area contributed by atoms with E-state index < -0.39 is 0 Å². The normalized spacial score (nSPS) is 13.2. The lowest BCUT2D eigenvalue weighted by Gasteiger charge is -2.19. The maximum atomic E-state index is 12.7. The van der Waals surface area contributed by atoms with Gasteiger partial charge in [-0.25, -0.2) is 0 Å². The molecule has 0 saturated heterocycles. The predicted molar refractivity (Wildman–Crippen MR) is 109 cm³/mol. The molecule has 1 heterocycles. The zero-order valence-corrected chi connectivity index (χ0v) is 16.5. The number of hydrogen-bond donors (Lipinski definition) is 2. The highest BCUT2D eigenvalue weighted by Gasteiger charge is 2.25. The van der Waals surface area contributed by atoms with E-state index in [0.29, 0.717) is 15.7 Å². The molecule has 0 saturated carbocycles. The molecule has 0 unspecified atom stereocenters. The fourth-order valence-corrected chi connectivity index (χ4v) is 4.00. The molecule has 0 radical (unpaired) electrons. The van der Waals surface area contributed by atoms with Crippen LogP contribution < -0.4 is 10.6 Å². The van der Waals surface area contributed by atoms with E-state index in [1.165, 1.54) is 10.4 Å². The second-order valence-electron chi connectivity index (χ2n) is 6.00. The quantitative estimate of drug-likeness (QED) is 0.611. The van der Waals surface area contributed by atoms with Crippen LogP contribution in [-0.2, 0) is 4.79 Å². The average Bonchev–Trinajstić information content (AvgIpc) is 3.17. The van der Waals surface area contributed by atoms with E-state index in [1.807, 2.05) is 31.2 Å². The summed E-state index contributed by atoms with van der Waals surface area (Å²) in [6, 6.07) is 19.1. The molecule has 1 amide bonds. The highest BCUT2D eigenvalue weighted by Crippen LogP contribution is 2.26. The molecule has 0 bridgehead atoms. The molecular weight excluding hydrogens is 387 g/mol. The van der Waals surface area contributed by atoms with E-state index in [1.54, 1.807) is 29.5 Å². The van der Waals surface area contributed by atoms with Gasteiger partial charge in [-0.3, -0.25) is 4.79 Å². The minimum absolute atomic E-state index is 0.0673. The van der Waals surface area contributed by atoms with Gasteiger partial charge in [0.2, 0.25) is 0 Å². The van der Waals surface area contributed by atoms with E-state index >= 15 is 0 Å². The smallest absolute Gasteiger partial charge is 0.282 e. The summed E-state index contributed by atoms with van der Waals surface area (Å²) in [5, 5.41) is 7.97. The summed E-state index contributed by atoms with van der Waals surface area (Å²) in [4.78, 5) is 13.9. The third-order valence-corrected chi connectivity index (χ3v) is 5.60. The molecule has 26 heavy (non-hydrogen) atoms. The Kier molecular flexibility index (Phi) is 6.33. The topological polar surface area (TPSA) is 45.7 Å². The highest BCUT2D eigenvalue weighted by atomic mass is 35.5. The van der Waals surface area contributed by atoms with Crippen LogP contribution in [0.2, 0.25) is 10.0 Å². The van der Waals surface area contributed by atoms with Crippen molar-refractivity contribution in [3.63, 3.8) is 0 Å². The summed E-state index contributed by atoms with van der Waals surface area (Å²) < 4.78 is 0. The molecule has 0 aliphatic carbocycles. The van der Waals surface area contributed by atoms with Crippen molar-refractivity contribution in [2.75, 3.05) is 5.32 Å². The van der Waals surface area contributed by atoms with E-state index in [0.717, 1.165) is 0 Å². The maximum Gasteiger partial charge on any atom is 0.282 e. The SMILES string of the molecule is C[C@H]([NH2+][C@H](c1ccccc1)c1cccs1)C(=O)Nc1ccc(Cl)cc1Cl. The highest BCUT2D eigenvalue weighted by molar-refractivity contribution is 7.10. The van der Waals surface area contributed by atoms with Crippen LogP contribution >= 0.6 is 34.5 Å². The molecule has 0 fully saturated rings. The van der Waals surface area contributed by atoms with Crippen molar-refractivity contribution in [1.82, 2.24) is 0 Å². The monoisotopic (exact) mass is 405 g/mol. The number of rotatable bonds is 6. The van der Waals surface area contributed by atoms with Crippen molar-refractivity contribution in [1.29, 1.82) is 0 Å². The Hall–Kier alpha value is -1.85. The van der Waals surface area contributed by atoms with Gasteiger partial charge in [0, 0.05) is 10.6 Å². The van der Waals surface area contributed by atoms with Gasteiger partial charge in [0.1, 0.15) is 6.04 Å². The first-order valence-corrected chi connectivity index (χ1v) is 9.87. The van der Waals surface area contributed by atoms with Crippen molar-refractivity contribution in [2.24, 2.45) is 0 Å². The minimum atomic E-state index is -0.297. The molecule has 6 heteroatoms. The molecule has 3 rings (SSSR count). The maximum absolute atomic E-state index is 12.7. The number of hydrogen-bond acceptors (Lipinski definition) is 2. The summed E-state index contributed by atoms with van der Waals surface area (Å²) in [5.74, 6) is -0.105. The molecule has 134 valence electrons. The van der Waals surface area contributed by atoms with Crippen molar-refractivity contribution in [3.8, 4) is 0 Å². The summed E-state index contributed by atoms with van der Waals surface area (Å²) in [7, 11) is 0. The van der Waals surface area contributed by atoms with Gasteiger partial charge in [0.15, 0.2) is 6.04 Å². The first-order chi connectivity index (χ1) is 12.5. The van der Waals surface area contributed by atoms with Gasteiger partial charge < -0.3 is 10.6 Å². The molecule has 3 N–H and O–H groups in total. The lowest BCUT2D eigenvalue weighted by Crippen LogP contribution is -2.92. The Labute approximate surface area is 167 Å². The van der Waals surface area contributed by atoms with Crippen molar-refractivity contribution < 1.29 is 10.1 Å². The zero-order chi connectivity index (χ0) is 18.5. The second-order valence-corrected chi connectivity index (χ2v) is 7.82. The molecule has 0 spiro atoms. The number of benzene rings is 2. The third-order valence-electron chi connectivity index (χ3n) is 4.09. The molecule has 3 nitrogen and oxygen atoms in total. The zero-order valence-electron chi connectivity index (χ0n) is 14.2. The molecule has 2 atom stereocenters. The van der Waals surface area contributed by atoms with E-state index in [9.17, 15) is 4.79 Å². The summed E-state index contributed by atoms with van der Waals surface area (Å²) in [6.07, 6.45) is 0. The van der Waals surface area contributed by atoms with E-state index in [2.05, 4.69) is 34.2 Å². The Balaban J connectivity index is 1.75. The average molecular weight is 406 g/mol. The van der Waals surface area contributed by atoms with Crippen LogP contribution in [0.5, 0.6) is 0 Å². The van der Waals surface area contributed by atoms with Gasteiger partial charge in [-0.15, -0.1) is 11.3 Å². The first-order valence-electron chi connectivity index (χ1n) is 8.24. The fourth-order valence-electron chi connectivity index (χ4n) is 2.71. The number of carbonyl (C=O) groups excluding carboxylic acids is 1. The van der Waals surface area contributed by atoms with Crippen LogP contribution in [0.15, 0.2) is 66.0 Å². The van der Waals surface area contributed by atoms with Crippen LogP contribution in [0.25, 0.3) is 0 Å². The summed E-state index contributed by atoms with van der Waals surface area (Å²) >= 11 is 13.7. The number of quaternary nitrogens is 1. The largest absolute Gasteiger partial charge is 0.326 e. The number of thiophene rings is 1. The van der Waals surface area contributed by atoms with Crippen LogP contribution in [0.3, 0.4) is 0 Å². The van der Waals surface area contributed by atoms with Gasteiger partial charge in [-0.1, -0.05) is 59.6 Å². The lowest BCUT2D eigenvalue weighted by atomic mass is 10.0. The molecule has 0 aliphatic heterocycles. The Bertz CT molecular complexity index is 869. The number of nitrogens with two attached hydrogens (primary N) is 1. The van der Waals surface area contributed by atoms with E-state index in [4.69, 9.17) is 23.2 Å². The van der Waals surface area contributed by atoms with Gasteiger partial charge in [0.05, 0.1) is 15.6 Å². The van der Waals surface area contributed by atoms with Crippen LogP contribution in [0.1, 0.15) is 23.4 Å². The number of anilines is 1. The number of halogens is 2. The fraction of sp³-hybridized carbons (Fsp3) is 0.150. The summed E-state index contributed by atoms with van der Waals surface area (Å²) in [6.45, 7) is 1.89. The van der Waals surface area contributed by atoms with Crippen LogP contribution in [0.4, 0.5) is 5.69 Å². The van der Waals surface area contributed by atoms with Gasteiger partial charge >= 0.3 is 0 Å². The van der Waals surface area contributed by atoms with Crippen LogP contribution in [-0.4, -0.2) is 11.9 Å². The molecule has 3 aromatic rings. The van der Waals surface area contributed by atoms with Crippen molar-refractivity contribution >= 4 is 46.1 Å². The van der Waals surface area contributed by atoms with Crippen molar-refractivity contribution in [2.45, 2.75) is 19.0 Å². The molecule has 2 aromatic carbocycles. The Morgan fingerprint density at radius 3 is 2.50 bits per heavy atom.